The summed E-state index contributed by atoms with van der Waals surface area (Å²) in [5.41, 5.74) is 2.62. The Bertz CT molecular complexity index is 124. The van der Waals surface area contributed by atoms with Crippen LogP contribution in [0.15, 0.2) is 0 Å². The second kappa shape index (κ2) is 7.10. The highest BCUT2D eigenvalue weighted by Crippen LogP contribution is 1.99. The van der Waals surface area contributed by atoms with Crippen LogP contribution in [-0.2, 0) is 9.63 Å². The Kier molecular flexibility index (Phi) is 6.76. The van der Waals surface area contributed by atoms with Crippen molar-refractivity contribution in [2.45, 2.75) is 52.5 Å². The molecule has 0 fully saturated rings. The number of carbonyl (C=O) groups excluding carboxylic acids is 1. The molecule has 0 unspecified atom stereocenters. The summed E-state index contributed by atoms with van der Waals surface area (Å²) in [4.78, 5) is 15.7. The first-order chi connectivity index (χ1) is 5.66. The van der Waals surface area contributed by atoms with Gasteiger partial charge in [-0.25, -0.2) is 0 Å². The number of unbranched alkanes of at least 4 members (excludes halogenated alkanes) is 2. The number of hydroxylamine groups is 1. The third-order valence-corrected chi connectivity index (χ3v) is 1.39. The van der Waals surface area contributed by atoms with E-state index in [2.05, 4.69) is 12.4 Å². The minimum atomic E-state index is -0.155. The molecule has 0 amide bonds. The van der Waals surface area contributed by atoms with Crippen molar-refractivity contribution in [1.82, 2.24) is 5.48 Å². The fourth-order valence-corrected chi connectivity index (χ4v) is 0.754. The van der Waals surface area contributed by atoms with Crippen LogP contribution >= 0.6 is 0 Å². The molecule has 72 valence electrons. The molecule has 0 radical (unpaired) electrons. The van der Waals surface area contributed by atoms with Gasteiger partial charge in [0.2, 0.25) is 0 Å². The molecule has 0 aromatic carbocycles. The maximum atomic E-state index is 10.9. The van der Waals surface area contributed by atoms with Crippen LogP contribution in [0.4, 0.5) is 0 Å². The lowest BCUT2D eigenvalue weighted by Crippen LogP contribution is -2.26. The smallest absolute Gasteiger partial charge is 0.324 e. The van der Waals surface area contributed by atoms with Gasteiger partial charge in [-0.1, -0.05) is 19.8 Å². The molecule has 3 heteroatoms. The molecule has 0 aromatic rings. The molecule has 0 saturated carbocycles. The summed E-state index contributed by atoms with van der Waals surface area (Å²) in [5, 5.41) is 0. The van der Waals surface area contributed by atoms with Crippen molar-refractivity contribution in [3.05, 3.63) is 0 Å². The summed E-state index contributed by atoms with van der Waals surface area (Å²) in [5.74, 6) is -0.155. The Hall–Kier alpha value is -0.570. The molecular formula is C9H19NO2. The molecule has 0 spiro atoms. The van der Waals surface area contributed by atoms with Crippen LogP contribution in [0.2, 0.25) is 0 Å². The van der Waals surface area contributed by atoms with E-state index in [4.69, 9.17) is 4.84 Å². The first-order valence-electron chi connectivity index (χ1n) is 4.62. The van der Waals surface area contributed by atoms with Crippen LogP contribution in [0.3, 0.4) is 0 Å². The first-order valence-corrected chi connectivity index (χ1v) is 4.62. The molecule has 0 saturated heterocycles. The molecule has 12 heavy (non-hydrogen) atoms. The van der Waals surface area contributed by atoms with E-state index in [-0.39, 0.29) is 12.0 Å². The molecule has 3 nitrogen and oxygen atoms in total. The standard InChI is InChI=1S/C9H19NO2/c1-4-5-6-7-9(11)12-10-8(2)3/h8,10H,4-7H2,1-3H3. The quantitative estimate of drug-likeness (QED) is 0.493. The van der Waals surface area contributed by atoms with Crippen LogP contribution in [0, 0.1) is 0 Å². The van der Waals surface area contributed by atoms with E-state index in [1.54, 1.807) is 0 Å². The second-order valence-electron chi connectivity index (χ2n) is 3.20. The lowest BCUT2D eigenvalue weighted by atomic mass is 10.2. The Morgan fingerprint density at radius 3 is 2.58 bits per heavy atom. The lowest BCUT2D eigenvalue weighted by molar-refractivity contribution is -0.152. The van der Waals surface area contributed by atoms with Crippen LogP contribution in [0.1, 0.15) is 46.5 Å². The molecule has 0 atom stereocenters. The van der Waals surface area contributed by atoms with Crippen molar-refractivity contribution in [2.75, 3.05) is 0 Å². The van der Waals surface area contributed by atoms with Crippen molar-refractivity contribution in [3.8, 4) is 0 Å². The summed E-state index contributed by atoms with van der Waals surface area (Å²) in [6, 6.07) is 0.195. The Morgan fingerprint density at radius 2 is 2.08 bits per heavy atom. The Labute approximate surface area is 74.4 Å². The number of carbonyl (C=O) groups is 1. The van der Waals surface area contributed by atoms with Gasteiger partial charge in [-0.05, 0) is 20.3 Å². The zero-order valence-electron chi connectivity index (χ0n) is 8.22. The average molecular weight is 173 g/mol. The van der Waals surface area contributed by atoms with E-state index in [0.717, 1.165) is 19.3 Å². The Morgan fingerprint density at radius 1 is 1.42 bits per heavy atom. The fraction of sp³-hybridized carbons (Fsp3) is 0.889. The third kappa shape index (κ3) is 7.54. The molecule has 0 bridgehead atoms. The van der Waals surface area contributed by atoms with Gasteiger partial charge in [0.15, 0.2) is 0 Å². The molecule has 0 aliphatic rings. The minimum absolute atomic E-state index is 0.155. The SMILES string of the molecule is CCCCCC(=O)ONC(C)C. The fourth-order valence-electron chi connectivity index (χ4n) is 0.754. The molecule has 0 heterocycles. The van der Waals surface area contributed by atoms with Gasteiger partial charge in [0.25, 0.3) is 0 Å². The summed E-state index contributed by atoms with van der Waals surface area (Å²) in [6.07, 6.45) is 3.67. The summed E-state index contributed by atoms with van der Waals surface area (Å²) in [6.45, 7) is 5.97. The van der Waals surface area contributed by atoms with Gasteiger partial charge in [-0.15, -0.1) is 0 Å². The number of hydrogen-bond acceptors (Lipinski definition) is 3. The lowest BCUT2D eigenvalue weighted by Gasteiger charge is -2.07. The predicted molar refractivity (Wildman–Crippen MR) is 48.5 cm³/mol. The first kappa shape index (κ1) is 11.4. The van der Waals surface area contributed by atoms with Gasteiger partial charge in [-0.3, -0.25) is 4.79 Å². The van der Waals surface area contributed by atoms with E-state index < -0.39 is 0 Å². The highest BCUT2D eigenvalue weighted by atomic mass is 16.7. The van der Waals surface area contributed by atoms with E-state index in [1.807, 2.05) is 13.8 Å². The maximum absolute atomic E-state index is 10.9. The zero-order chi connectivity index (χ0) is 9.40. The van der Waals surface area contributed by atoms with Crippen LogP contribution in [-0.4, -0.2) is 12.0 Å². The van der Waals surface area contributed by atoms with Crippen molar-refractivity contribution in [1.29, 1.82) is 0 Å². The van der Waals surface area contributed by atoms with Gasteiger partial charge in [-0.2, -0.15) is 5.48 Å². The van der Waals surface area contributed by atoms with Crippen molar-refractivity contribution >= 4 is 5.97 Å². The van der Waals surface area contributed by atoms with Crippen LogP contribution in [0.5, 0.6) is 0 Å². The van der Waals surface area contributed by atoms with E-state index >= 15 is 0 Å². The van der Waals surface area contributed by atoms with Gasteiger partial charge in [0.05, 0.1) is 0 Å². The largest absolute Gasteiger partial charge is 0.370 e. The van der Waals surface area contributed by atoms with Crippen LogP contribution < -0.4 is 5.48 Å². The molecule has 0 aliphatic carbocycles. The molecular weight excluding hydrogens is 154 g/mol. The van der Waals surface area contributed by atoms with Crippen molar-refractivity contribution < 1.29 is 9.63 Å². The topological polar surface area (TPSA) is 38.3 Å². The van der Waals surface area contributed by atoms with Gasteiger partial charge < -0.3 is 4.84 Å². The maximum Gasteiger partial charge on any atom is 0.324 e. The number of nitrogens with one attached hydrogen (secondary N) is 1. The third-order valence-electron chi connectivity index (χ3n) is 1.39. The van der Waals surface area contributed by atoms with Gasteiger partial charge in [0, 0.05) is 12.5 Å². The van der Waals surface area contributed by atoms with Gasteiger partial charge in [0.1, 0.15) is 0 Å². The molecule has 1 N–H and O–H groups in total. The van der Waals surface area contributed by atoms with E-state index in [1.165, 1.54) is 0 Å². The highest BCUT2D eigenvalue weighted by molar-refractivity contribution is 5.68. The van der Waals surface area contributed by atoms with Crippen molar-refractivity contribution in [3.63, 3.8) is 0 Å². The predicted octanol–water partition coefficient (Wildman–Crippen LogP) is 2.02. The number of hydrogen-bond donors (Lipinski definition) is 1. The Balaban J connectivity index is 3.22. The average Bonchev–Trinajstić information content (AvgIpc) is 2.01. The summed E-state index contributed by atoms with van der Waals surface area (Å²) < 4.78 is 0. The normalized spacial score (nSPS) is 10.3. The monoisotopic (exact) mass is 173 g/mol. The van der Waals surface area contributed by atoms with Crippen molar-refractivity contribution in [2.24, 2.45) is 0 Å². The zero-order valence-corrected chi connectivity index (χ0v) is 8.22. The number of rotatable bonds is 6. The van der Waals surface area contributed by atoms with E-state index in [9.17, 15) is 4.79 Å². The minimum Gasteiger partial charge on any atom is -0.370 e. The molecule has 0 aromatic heterocycles. The second-order valence-corrected chi connectivity index (χ2v) is 3.20. The summed E-state index contributed by atoms with van der Waals surface area (Å²) in [7, 11) is 0. The van der Waals surface area contributed by atoms with E-state index in [0.29, 0.717) is 6.42 Å². The van der Waals surface area contributed by atoms with Gasteiger partial charge >= 0.3 is 5.97 Å². The van der Waals surface area contributed by atoms with Crippen LogP contribution in [0.25, 0.3) is 0 Å². The summed E-state index contributed by atoms with van der Waals surface area (Å²) >= 11 is 0. The molecule has 0 aliphatic heterocycles. The highest BCUT2D eigenvalue weighted by Gasteiger charge is 2.02. The molecule has 0 rings (SSSR count).